The minimum atomic E-state index is -0.557. The predicted molar refractivity (Wildman–Crippen MR) is 83.2 cm³/mol. The van der Waals surface area contributed by atoms with E-state index < -0.39 is 11.7 Å². The van der Waals surface area contributed by atoms with Gasteiger partial charge in [0.1, 0.15) is 5.60 Å². The van der Waals surface area contributed by atoms with Crippen molar-refractivity contribution in [2.24, 2.45) is 0 Å². The van der Waals surface area contributed by atoms with Crippen LogP contribution in [0.1, 0.15) is 43.0 Å². The van der Waals surface area contributed by atoms with Crippen molar-refractivity contribution >= 4 is 12.0 Å². The molecule has 1 aromatic rings. The Morgan fingerprint density at radius 1 is 1.43 bits per heavy atom. The van der Waals surface area contributed by atoms with Gasteiger partial charge in [0.05, 0.1) is 31.5 Å². The number of carbonyl (C=O) groups excluding carboxylic acids is 2. The van der Waals surface area contributed by atoms with Crippen LogP contribution in [-0.2, 0) is 16.0 Å². The molecule has 128 valence electrons. The fourth-order valence-corrected chi connectivity index (χ4v) is 2.06. The molecule has 2 rings (SSSR count). The van der Waals surface area contributed by atoms with Gasteiger partial charge in [0.2, 0.25) is 0 Å². The van der Waals surface area contributed by atoms with E-state index in [0.29, 0.717) is 18.9 Å². The average molecular weight is 324 g/mol. The summed E-state index contributed by atoms with van der Waals surface area (Å²) in [6.07, 6.45) is -0.504. The Labute approximate surface area is 135 Å². The van der Waals surface area contributed by atoms with Gasteiger partial charge in [-0.05, 0) is 26.8 Å². The second-order valence-electron chi connectivity index (χ2n) is 6.71. The van der Waals surface area contributed by atoms with Crippen LogP contribution in [0.4, 0.5) is 4.79 Å². The summed E-state index contributed by atoms with van der Waals surface area (Å²) >= 11 is 0. The van der Waals surface area contributed by atoms with Gasteiger partial charge in [-0.25, -0.2) is 4.79 Å². The Balaban J connectivity index is 2.10. The van der Waals surface area contributed by atoms with Crippen molar-refractivity contribution in [2.45, 2.75) is 39.0 Å². The highest BCUT2D eigenvalue weighted by Gasteiger charge is 2.26. The summed E-state index contributed by atoms with van der Waals surface area (Å²) in [7, 11) is 3.35. The molecule has 0 radical (unpaired) electrons. The van der Waals surface area contributed by atoms with Gasteiger partial charge in [-0.2, -0.15) is 5.10 Å². The van der Waals surface area contributed by atoms with Crippen LogP contribution in [0.3, 0.4) is 0 Å². The van der Waals surface area contributed by atoms with E-state index in [9.17, 15) is 9.59 Å². The molecule has 2 amide bonds. The molecule has 0 saturated carbocycles. The van der Waals surface area contributed by atoms with Crippen LogP contribution >= 0.6 is 0 Å². The van der Waals surface area contributed by atoms with E-state index in [1.807, 2.05) is 0 Å². The van der Waals surface area contributed by atoms with E-state index in [1.165, 1.54) is 4.90 Å². The topological polar surface area (TPSA) is 85.7 Å². The van der Waals surface area contributed by atoms with E-state index in [0.717, 1.165) is 5.69 Å². The molecule has 8 nitrogen and oxygen atoms in total. The molecule has 1 aliphatic heterocycles. The van der Waals surface area contributed by atoms with Crippen LogP contribution in [0, 0.1) is 0 Å². The lowest BCUT2D eigenvalue weighted by Gasteiger charge is -2.28. The number of hydrogen-bond acceptors (Lipinski definition) is 5. The summed E-state index contributed by atoms with van der Waals surface area (Å²) < 4.78 is 12.1. The van der Waals surface area contributed by atoms with Crippen LogP contribution in [-0.4, -0.2) is 59.6 Å². The van der Waals surface area contributed by atoms with Gasteiger partial charge >= 0.3 is 6.09 Å². The van der Waals surface area contributed by atoms with Gasteiger partial charge in [0.25, 0.3) is 5.91 Å². The highest BCUT2D eigenvalue weighted by molar-refractivity contribution is 5.92. The Kier molecular flexibility index (Phi) is 4.93. The maximum absolute atomic E-state index is 12.1. The van der Waals surface area contributed by atoms with Gasteiger partial charge in [0, 0.05) is 14.1 Å². The Hall–Kier alpha value is -2.09. The summed E-state index contributed by atoms with van der Waals surface area (Å²) in [4.78, 5) is 25.3. The number of aromatic nitrogens is 2. The molecule has 0 unspecified atom stereocenters. The Morgan fingerprint density at radius 3 is 2.57 bits per heavy atom. The van der Waals surface area contributed by atoms with Crippen LogP contribution in [0.15, 0.2) is 6.07 Å². The summed E-state index contributed by atoms with van der Waals surface area (Å²) in [6, 6.07) is 1.78. The van der Waals surface area contributed by atoms with Crippen molar-refractivity contribution in [3.63, 3.8) is 0 Å². The Morgan fingerprint density at radius 2 is 2.09 bits per heavy atom. The number of hydrogen-bond donors (Lipinski definition) is 1. The number of rotatable bonds is 4. The van der Waals surface area contributed by atoms with Crippen LogP contribution in [0.25, 0.3) is 0 Å². The Bertz CT molecular complexity index is 585. The third-order valence-corrected chi connectivity index (χ3v) is 3.22. The lowest BCUT2D eigenvalue weighted by Crippen LogP contribution is -2.35. The zero-order valence-electron chi connectivity index (χ0n) is 14.3. The molecule has 1 aliphatic rings. The molecule has 1 aromatic heterocycles. The van der Waals surface area contributed by atoms with Crippen LogP contribution in [0.2, 0.25) is 0 Å². The molecule has 2 heterocycles. The molecule has 0 aliphatic carbocycles. The quantitative estimate of drug-likeness (QED) is 0.899. The van der Waals surface area contributed by atoms with Crippen molar-refractivity contribution < 1.29 is 19.1 Å². The molecule has 1 fully saturated rings. The first-order chi connectivity index (χ1) is 10.7. The zero-order chi connectivity index (χ0) is 17.2. The number of nitrogens with one attached hydrogen (secondary N) is 1. The summed E-state index contributed by atoms with van der Waals surface area (Å²) in [6.45, 7) is 6.75. The van der Waals surface area contributed by atoms with Gasteiger partial charge < -0.3 is 19.7 Å². The highest BCUT2D eigenvalue weighted by atomic mass is 16.6. The summed E-state index contributed by atoms with van der Waals surface area (Å²) in [5.41, 5.74) is 0.537. The maximum Gasteiger partial charge on any atom is 0.407 e. The van der Waals surface area contributed by atoms with Gasteiger partial charge in [-0.15, -0.1) is 0 Å². The van der Waals surface area contributed by atoms with E-state index in [1.54, 1.807) is 45.6 Å². The zero-order valence-corrected chi connectivity index (χ0v) is 14.3. The van der Waals surface area contributed by atoms with Crippen molar-refractivity contribution in [3.8, 4) is 0 Å². The smallest absolute Gasteiger partial charge is 0.407 e. The van der Waals surface area contributed by atoms with Gasteiger partial charge in [-0.3, -0.25) is 9.48 Å². The third kappa shape index (κ3) is 4.44. The molecule has 1 saturated heterocycles. The van der Waals surface area contributed by atoms with Crippen LogP contribution < -0.4 is 5.32 Å². The SMILES string of the molecule is CN(C)C(=O)c1cc(CNC(=O)OC(C)(C)C)n(C2COC2)n1. The second kappa shape index (κ2) is 6.57. The standard InChI is InChI=1S/C15H24N4O4/c1-15(2,3)23-14(21)16-7-10-6-12(13(20)18(4)5)17-19(10)11-8-22-9-11/h6,11H,7-9H2,1-5H3,(H,16,21). The van der Waals surface area contributed by atoms with Crippen molar-refractivity contribution in [1.29, 1.82) is 0 Å². The third-order valence-electron chi connectivity index (χ3n) is 3.22. The summed E-state index contributed by atoms with van der Waals surface area (Å²) in [5.74, 6) is -0.178. The van der Waals surface area contributed by atoms with Crippen molar-refractivity contribution in [3.05, 3.63) is 17.5 Å². The monoisotopic (exact) mass is 324 g/mol. The minimum absolute atomic E-state index is 0.0918. The van der Waals surface area contributed by atoms with Crippen molar-refractivity contribution in [2.75, 3.05) is 27.3 Å². The first-order valence-electron chi connectivity index (χ1n) is 7.52. The predicted octanol–water partition coefficient (Wildman–Crippen LogP) is 1.18. The van der Waals surface area contributed by atoms with E-state index >= 15 is 0 Å². The number of alkyl carbamates (subject to hydrolysis) is 1. The van der Waals surface area contributed by atoms with E-state index in [2.05, 4.69) is 10.4 Å². The lowest BCUT2D eigenvalue weighted by molar-refractivity contribution is -0.0301. The second-order valence-corrected chi connectivity index (χ2v) is 6.71. The van der Waals surface area contributed by atoms with Gasteiger partial charge in [0.15, 0.2) is 5.69 Å². The first kappa shape index (κ1) is 17.3. The first-order valence-corrected chi connectivity index (χ1v) is 7.52. The molecule has 0 spiro atoms. The highest BCUT2D eigenvalue weighted by Crippen LogP contribution is 2.20. The fourth-order valence-electron chi connectivity index (χ4n) is 2.06. The number of carbonyl (C=O) groups is 2. The fraction of sp³-hybridized carbons (Fsp3) is 0.667. The molecule has 0 atom stereocenters. The molecule has 23 heavy (non-hydrogen) atoms. The number of amides is 2. The molecule has 0 bridgehead atoms. The normalized spacial score (nSPS) is 15.0. The average Bonchev–Trinajstić information content (AvgIpc) is 2.75. The van der Waals surface area contributed by atoms with Gasteiger partial charge in [-0.1, -0.05) is 0 Å². The number of nitrogens with zero attached hydrogens (tertiary/aromatic N) is 3. The molecular weight excluding hydrogens is 300 g/mol. The van der Waals surface area contributed by atoms with Crippen molar-refractivity contribution in [1.82, 2.24) is 20.0 Å². The molecule has 1 N–H and O–H groups in total. The van der Waals surface area contributed by atoms with Crippen LogP contribution in [0.5, 0.6) is 0 Å². The number of ether oxygens (including phenoxy) is 2. The minimum Gasteiger partial charge on any atom is -0.444 e. The largest absolute Gasteiger partial charge is 0.444 e. The maximum atomic E-state index is 12.1. The van der Waals surface area contributed by atoms with E-state index in [4.69, 9.17) is 9.47 Å². The molecule has 8 heteroatoms. The van der Waals surface area contributed by atoms with E-state index in [-0.39, 0.29) is 18.5 Å². The molecule has 0 aromatic carbocycles. The summed E-state index contributed by atoms with van der Waals surface area (Å²) in [5, 5.41) is 7.05. The lowest BCUT2D eigenvalue weighted by atomic mass is 10.2. The molecular formula is C15H24N4O4.